The first kappa shape index (κ1) is 67.5. The van der Waals surface area contributed by atoms with Crippen LogP contribution in [0.25, 0.3) is 0 Å². The molecule has 8 nitrogen and oxygen atoms in total. The van der Waals surface area contributed by atoms with Gasteiger partial charge in [0.1, 0.15) is 13.2 Å². The molecule has 406 valence electrons. The minimum Gasteiger partial charge on any atom is -0.756 e. The van der Waals surface area contributed by atoms with Gasteiger partial charge in [-0.25, -0.2) is 0 Å². The Kier molecular flexibility index (Phi) is 50.2. The minimum atomic E-state index is -4.61. The minimum absolute atomic E-state index is 0.00881. The van der Waals surface area contributed by atoms with Gasteiger partial charge in [-0.3, -0.25) is 9.36 Å². The molecule has 1 amide bonds. The molecule has 0 bridgehead atoms. The number of nitrogens with one attached hydrogen (secondary N) is 1. The van der Waals surface area contributed by atoms with Crippen LogP contribution in [0.15, 0.2) is 48.6 Å². The number of hydrogen-bond acceptors (Lipinski definition) is 6. The van der Waals surface area contributed by atoms with E-state index in [1.807, 2.05) is 27.2 Å². The van der Waals surface area contributed by atoms with E-state index in [-0.39, 0.29) is 12.5 Å². The smallest absolute Gasteiger partial charge is 0.268 e. The lowest BCUT2D eigenvalue weighted by atomic mass is 10.0. The summed E-state index contributed by atoms with van der Waals surface area (Å²) in [6.45, 7) is 4.62. The topological polar surface area (TPSA) is 108 Å². The van der Waals surface area contributed by atoms with Crippen LogP contribution in [0.4, 0.5) is 0 Å². The monoisotopic (exact) mass is 991 g/mol. The van der Waals surface area contributed by atoms with Crippen molar-refractivity contribution in [3.63, 3.8) is 0 Å². The summed E-state index contributed by atoms with van der Waals surface area (Å²) in [5.41, 5.74) is 0. The Morgan fingerprint density at radius 1 is 0.507 bits per heavy atom. The molecule has 0 saturated heterocycles. The molecule has 0 rings (SSSR count). The van der Waals surface area contributed by atoms with Crippen LogP contribution >= 0.6 is 7.82 Å². The first-order valence-electron chi connectivity index (χ1n) is 29.5. The molecule has 9 heteroatoms. The van der Waals surface area contributed by atoms with Crippen LogP contribution in [0.3, 0.4) is 0 Å². The highest BCUT2D eigenvalue weighted by Crippen LogP contribution is 2.38. The molecule has 0 spiro atoms. The van der Waals surface area contributed by atoms with Gasteiger partial charge in [-0.15, -0.1) is 0 Å². The second-order valence-corrected chi connectivity index (χ2v) is 22.8. The van der Waals surface area contributed by atoms with Crippen LogP contribution < -0.4 is 10.2 Å². The fourth-order valence-electron chi connectivity index (χ4n) is 8.61. The maximum absolute atomic E-state index is 12.9. The molecule has 0 aromatic rings. The maximum atomic E-state index is 12.9. The number of allylic oxidation sites excluding steroid dienone is 7. The van der Waals surface area contributed by atoms with E-state index in [0.29, 0.717) is 17.4 Å². The van der Waals surface area contributed by atoms with Crippen molar-refractivity contribution in [1.82, 2.24) is 5.32 Å². The Bertz CT molecular complexity index is 1260. The lowest BCUT2D eigenvalue weighted by Gasteiger charge is -2.29. The molecule has 0 radical (unpaired) electrons. The zero-order chi connectivity index (χ0) is 50.6. The number of amides is 1. The van der Waals surface area contributed by atoms with Crippen LogP contribution in [0, 0.1) is 0 Å². The molecule has 0 fully saturated rings. The van der Waals surface area contributed by atoms with Gasteiger partial charge in [0.15, 0.2) is 0 Å². The van der Waals surface area contributed by atoms with Gasteiger partial charge < -0.3 is 28.8 Å². The van der Waals surface area contributed by atoms with Gasteiger partial charge in [0.05, 0.1) is 39.9 Å². The quantitative estimate of drug-likeness (QED) is 0.0272. The normalized spacial score (nSPS) is 14.2. The molecule has 0 heterocycles. The number of likely N-dealkylation sites (N-methyl/N-ethyl adjacent to an activating group) is 1. The third-order valence-corrected chi connectivity index (χ3v) is 14.2. The Balaban J connectivity index is 4.18. The van der Waals surface area contributed by atoms with E-state index in [1.54, 1.807) is 6.08 Å². The number of aliphatic hydroxyl groups excluding tert-OH is 1. The molecule has 0 aromatic carbocycles. The summed E-state index contributed by atoms with van der Waals surface area (Å²) >= 11 is 0. The van der Waals surface area contributed by atoms with Crippen LogP contribution in [0.2, 0.25) is 0 Å². The van der Waals surface area contributed by atoms with Crippen molar-refractivity contribution < 1.29 is 32.9 Å². The van der Waals surface area contributed by atoms with Gasteiger partial charge >= 0.3 is 0 Å². The van der Waals surface area contributed by atoms with Crippen molar-refractivity contribution in [2.24, 2.45) is 0 Å². The van der Waals surface area contributed by atoms with E-state index in [4.69, 9.17) is 9.05 Å². The Labute approximate surface area is 429 Å². The highest BCUT2D eigenvalue weighted by Gasteiger charge is 2.23. The highest BCUT2D eigenvalue weighted by molar-refractivity contribution is 7.45. The second-order valence-electron chi connectivity index (χ2n) is 21.3. The van der Waals surface area contributed by atoms with Crippen molar-refractivity contribution in [1.29, 1.82) is 0 Å². The number of carbonyl (C=O) groups excluding carboxylic acids is 1. The average molecular weight is 992 g/mol. The van der Waals surface area contributed by atoms with Gasteiger partial charge in [0.2, 0.25) is 5.91 Å². The molecule has 0 aliphatic carbocycles. The standard InChI is InChI=1S/C60H115N2O6P/c1-6-8-10-12-14-16-18-20-22-24-25-26-27-28-29-30-31-32-33-34-35-36-38-39-41-43-45-47-49-51-53-59(63)58(57-68-69(65,66)67-56-55-62(3,4)5)61-60(64)54-52-50-48-46-44-42-40-37-23-21-19-17-15-13-11-9-7-2/h15,17,21,23,43,45,51,53,58-59,63H,6-14,16,18-20,22,24-42,44,46-50,52,54-57H2,1-5H3,(H-,61,64,65,66)/b17-15-,23-21-,45-43+,53-51+. The molecule has 2 N–H and O–H groups in total. The summed E-state index contributed by atoms with van der Waals surface area (Å²) in [6, 6.07) is -0.909. The number of aliphatic hydroxyl groups is 1. The summed E-state index contributed by atoms with van der Waals surface area (Å²) < 4.78 is 23.3. The Morgan fingerprint density at radius 2 is 0.855 bits per heavy atom. The van der Waals surface area contributed by atoms with E-state index in [2.05, 4.69) is 55.6 Å². The lowest BCUT2D eigenvalue weighted by molar-refractivity contribution is -0.870. The second kappa shape index (κ2) is 51.4. The Morgan fingerprint density at radius 3 is 1.29 bits per heavy atom. The van der Waals surface area contributed by atoms with Gasteiger partial charge in [-0.1, -0.05) is 255 Å². The van der Waals surface area contributed by atoms with Crippen LogP contribution in [-0.4, -0.2) is 68.5 Å². The van der Waals surface area contributed by atoms with Gasteiger partial charge in [-0.05, 0) is 64.2 Å². The molecule has 0 aliphatic heterocycles. The predicted molar refractivity (Wildman–Crippen MR) is 298 cm³/mol. The fraction of sp³-hybridized carbons (Fsp3) is 0.850. The molecular formula is C60H115N2O6P. The molecule has 3 atom stereocenters. The van der Waals surface area contributed by atoms with Crippen molar-refractivity contribution in [2.75, 3.05) is 40.9 Å². The van der Waals surface area contributed by atoms with E-state index < -0.39 is 26.6 Å². The highest BCUT2D eigenvalue weighted by atomic mass is 31.2. The number of phosphoric acid groups is 1. The van der Waals surface area contributed by atoms with E-state index in [9.17, 15) is 19.4 Å². The largest absolute Gasteiger partial charge is 0.756 e. The summed E-state index contributed by atoms with van der Waals surface area (Å²) in [5, 5.41) is 13.9. The number of nitrogens with zero attached hydrogens (tertiary/aromatic N) is 1. The van der Waals surface area contributed by atoms with Gasteiger partial charge in [0.25, 0.3) is 7.82 Å². The summed E-state index contributed by atoms with van der Waals surface area (Å²) in [5.74, 6) is -0.214. The maximum Gasteiger partial charge on any atom is 0.268 e. The van der Waals surface area contributed by atoms with Crippen molar-refractivity contribution in [3.05, 3.63) is 48.6 Å². The molecule has 0 aromatic heterocycles. The molecule has 3 unspecified atom stereocenters. The third-order valence-electron chi connectivity index (χ3n) is 13.3. The van der Waals surface area contributed by atoms with Crippen molar-refractivity contribution in [2.45, 2.75) is 289 Å². The molecule has 0 aliphatic rings. The SMILES string of the molecule is CCCCC/C=C\C/C=C\CCCCCCCCCC(=O)NC(COP(=O)([O-])OCC[N+](C)(C)C)C(O)/C=C/CC/C=C/CCCCCCCCCCCCCCCCCCCCCCCCCC. The Hall–Kier alpha value is -1.54. The summed E-state index contributed by atoms with van der Waals surface area (Å²) in [6.07, 6.45) is 67.8. The van der Waals surface area contributed by atoms with E-state index in [1.165, 1.54) is 199 Å². The number of phosphoric ester groups is 1. The fourth-order valence-corrected chi connectivity index (χ4v) is 9.34. The van der Waals surface area contributed by atoms with Gasteiger partial charge in [0, 0.05) is 6.42 Å². The van der Waals surface area contributed by atoms with Crippen LogP contribution in [0.1, 0.15) is 277 Å². The zero-order valence-corrected chi connectivity index (χ0v) is 47.2. The molecule has 0 saturated carbocycles. The van der Waals surface area contributed by atoms with Crippen molar-refractivity contribution in [3.8, 4) is 0 Å². The van der Waals surface area contributed by atoms with Crippen LogP contribution in [-0.2, 0) is 18.4 Å². The van der Waals surface area contributed by atoms with E-state index in [0.717, 1.165) is 57.8 Å². The average Bonchev–Trinajstić information content (AvgIpc) is 3.31. The number of rotatable bonds is 54. The number of unbranched alkanes of at least 4 members (excludes halogenated alkanes) is 35. The number of carbonyl (C=O) groups is 1. The van der Waals surface area contributed by atoms with Crippen LogP contribution in [0.5, 0.6) is 0 Å². The number of quaternary nitrogens is 1. The zero-order valence-electron chi connectivity index (χ0n) is 46.3. The predicted octanol–water partition coefficient (Wildman–Crippen LogP) is 17.3. The first-order valence-corrected chi connectivity index (χ1v) is 31.0. The number of hydrogen-bond donors (Lipinski definition) is 2. The van der Waals surface area contributed by atoms with E-state index >= 15 is 0 Å². The summed E-state index contributed by atoms with van der Waals surface area (Å²) in [4.78, 5) is 25.5. The van der Waals surface area contributed by atoms with Gasteiger partial charge in [-0.2, -0.15) is 0 Å². The molecule has 69 heavy (non-hydrogen) atoms. The summed E-state index contributed by atoms with van der Waals surface area (Å²) in [7, 11) is 1.24. The third kappa shape index (κ3) is 54.1. The lowest BCUT2D eigenvalue weighted by Crippen LogP contribution is -2.45. The van der Waals surface area contributed by atoms with Crippen molar-refractivity contribution >= 4 is 13.7 Å². The molecular weight excluding hydrogens is 876 g/mol. The first-order chi connectivity index (χ1) is 33.5.